The molecular formula is C23H18N4O4S. The molecule has 32 heavy (non-hydrogen) atoms. The smallest absolute Gasteiger partial charge is 0.264 e. The third-order valence-corrected chi connectivity index (χ3v) is 7.07. The molecule has 0 aliphatic carbocycles. The molecule has 1 aliphatic heterocycles. The zero-order chi connectivity index (χ0) is 22.1. The maximum absolute atomic E-state index is 13.3. The number of sulfonamides is 1. The van der Waals surface area contributed by atoms with Crippen LogP contribution in [-0.4, -0.2) is 31.1 Å². The molecule has 0 spiro atoms. The molecule has 8 nitrogen and oxygen atoms in total. The fraction of sp³-hybridized carbons (Fsp3) is 0.0870. The van der Waals surface area contributed by atoms with Crippen LogP contribution >= 0.6 is 0 Å². The first-order chi connectivity index (χ1) is 15.5. The van der Waals surface area contributed by atoms with Gasteiger partial charge in [-0.2, -0.15) is 0 Å². The monoisotopic (exact) mass is 446 g/mol. The van der Waals surface area contributed by atoms with E-state index in [4.69, 9.17) is 4.42 Å². The van der Waals surface area contributed by atoms with Gasteiger partial charge in [-0.3, -0.25) is 9.10 Å². The molecule has 5 rings (SSSR count). The van der Waals surface area contributed by atoms with Gasteiger partial charge in [-0.05, 0) is 54.4 Å². The number of para-hydroxylation sites is 1. The summed E-state index contributed by atoms with van der Waals surface area (Å²) in [4.78, 5) is 12.9. The predicted molar refractivity (Wildman–Crippen MR) is 119 cm³/mol. The van der Waals surface area contributed by atoms with E-state index in [1.807, 2.05) is 18.2 Å². The van der Waals surface area contributed by atoms with Crippen molar-refractivity contribution in [2.75, 3.05) is 16.2 Å². The Hall–Kier alpha value is -3.98. The zero-order valence-corrected chi connectivity index (χ0v) is 17.6. The molecule has 0 bridgehead atoms. The van der Waals surface area contributed by atoms with Gasteiger partial charge in [0.1, 0.15) is 0 Å². The molecule has 2 heterocycles. The number of carbonyl (C=O) groups is 1. The van der Waals surface area contributed by atoms with Gasteiger partial charge in [0.2, 0.25) is 12.3 Å². The third kappa shape index (κ3) is 3.63. The average Bonchev–Trinajstić information content (AvgIpc) is 3.50. The van der Waals surface area contributed by atoms with E-state index < -0.39 is 15.9 Å². The Morgan fingerprint density at radius 3 is 2.69 bits per heavy atom. The Balaban J connectivity index is 1.40. The average molecular weight is 446 g/mol. The molecule has 0 saturated carbocycles. The Morgan fingerprint density at radius 2 is 1.84 bits per heavy atom. The normalized spacial score (nSPS) is 13.1. The predicted octanol–water partition coefficient (Wildman–Crippen LogP) is 3.74. The Morgan fingerprint density at radius 1 is 1.00 bits per heavy atom. The van der Waals surface area contributed by atoms with Crippen LogP contribution in [0, 0.1) is 0 Å². The molecule has 0 radical (unpaired) electrons. The van der Waals surface area contributed by atoms with Gasteiger partial charge in [-0.25, -0.2) is 8.42 Å². The van der Waals surface area contributed by atoms with Crippen molar-refractivity contribution in [3.05, 3.63) is 90.3 Å². The van der Waals surface area contributed by atoms with E-state index in [0.717, 1.165) is 5.56 Å². The van der Waals surface area contributed by atoms with Crippen LogP contribution in [0.4, 0.5) is 11.4 Å². The number of carbonyl (C=O) groups excluding carboxylic acids is 1. The summed E-state index contributed by atoms with van der Waals surface area (Å²) in [6.45, 7) is 0.376. The molecule has 0 atom stereocenters. The number of fused-ring (bicyclic) bond motifs is 1. The molecule has 160 valence electrons. The number of hydrogen-bond acceptors (Lipinski definition) is 6. The molecule has 0 saturated heterocycles. The Bertz CT molecular complexity index is 1400. The zero-order valence-electron chi connectivity index (χ0n) is 16.8. The fourth-order valence-electron chi connectivity index (χ4n) is 3.71. The van der Waals surface area contributed by atoms with Gasteiger partial charge in [-0.1, -0.05) is 30.3 Å². The van der Waals surface area contributed by atoms with E-state index in [9.17, 15) is 13.2 Å². The largest absolute Gasteiger partial charge is 0.423 e. The molecule has 1 aromatic heterocycles. The number of rotatable bonds is 5. The highest BCUT2D eigenvalue weighted by molar-refractivity contribution is 7.92. The standard InChI is InChI=1S/C23H18N4O4S/c28-22(25-19-8-3-7-18(13-19)23-26-24-15-31-23)17-6-4-9-20(14-17)32(29,30)27-12-11-16-5-1-2-10-21(16)27/h1-10,13-15H,11-12H2,(H,25,28). The molecule has 4 aromatic rings. The molecule has 9 heteroatoms. The van der Waals surface area contributed by atoms with Crippen LogP contribution in [0.5, 0.6) is 0 Å². The summed E-state index contributed by atoms with van der Waals surface area (Å²) in [5.41, 5.74) is 3.09. The minimum Gasteiger partial charge on any atom is -0.423 e. The van der Waals surface area contributed by atoms with Crippen LogP contribution in [0.3, 0.4) is 0 Å². The number of nitrogens with zero attached hydrogens (tertiary/aromatic N) is 3. The second kappa shape index (κ2) is 7.93. The summed E-state index contributed by atoms with van der Waals surface area (Å²) in [7, 11) is -3.79. The van der Waals surface area contributed by atoms with Gasteiger partial charge in [0.15, 0.2) is 0 Å². The van der Waals surface area contributed by atoms with Crippen molar-refractivity contribution in [3.8, 4) is 11.5 Å². The summed E-state index contributed by atoms with van der Waals surface area (Å²) in [6.07, 6.45) is 1.89. The van der Waals surface area contributed by atoms with Crippen LogP contribution in [-0.2, 0) is 16.4 Å². The van der Waals surface area contributed by atoms with Gasteiger partial charge in [-0.15, -0.1) is 10.2 Å². The van der Waals surface area contributed by atoms with E-state index in [-0.39, 0.29) is 10.5 Å². The Labute approximate surface area is 184 Å². The second-order valence-corrected chi connectivity index (χ2v) is 9.12. The maximum atomic E-state index is 13.3. The number of nitrogens with one attached hydrogen (secondary N) is 1. The van der Waals surface area contributed by atoms with Gasteiger partial charge in [0, 0.05) is 23.4 Å². The minimum absolute atomic E-state index is 0.0708. The lowest BCUT2D eigenvalue weighted by Crippen LogP contribution is -2.29. The first kappa shape index (κ1) is 20.0. The van der Waals surface area contributed by atoms with Crippen LogP contribution in [0.1, 0.15) is 15.9 Å². The first-order valence-corrected chi connectivity index (χ1v) is 11.3. The van der Waals surface area contributed by atoms with Gasteiger partial charge in [0.05, 0.1) is 10.6 Å². The van der Waals surface area contributed by atoms with Crippen LogP contribution in [0.25, 0.3) is 11.5 Å². The topological polar surface area (TPSA) is 105 Å². The fourth-order valence-corrected chi connectivity index (χ4v) is 5.26. The summed E-state index contributed by atoms with van der Waals surface area (Å²) in [6, 6.07) is 20.4. The highest BCUT2D eigenvalue weighted by atomic mass is 32.2. The number of amides is 1. The lowest BCUT2D eigenvalue weighted by molar-refractivity contribution is 0.102. The van der Waals surface area contributed by atoms with Crippen molar-refractivity contribution < 1.29 is 17.6 Å². The lowest BCUT2D eigenvalue weighted by atomic mass is 10.1. The first-order valence-electron chi connectivity index (χ1n) is 9.91. The molecule has 0 fully saturated rings. The van der Waals surface area contributed by atoms with Crippen LogP contribution in [0.2, 0.25) is 0 Å². The minimum atomic E-state index is -3.79. The highest BCUT2D eigenvalue weighted by Crippen LogP contribution is 2.32. The number of benzene rings is 3. The van der Waals surface area contributed by atoms with E-state index >= 15 is 0 Å². The molecule has 0 unspecified atom stereocenters. The summed E-state index contributed by atoms with van der Waals surface area (Å²) < 4.78 is 33.1. The number of aromatic nitrogens is 2. The van der Waals surface area contributed by atoms with Gasteiger partial charge in [0.25, 0.3) is 15.9 Å². The van der Waals surface area contributed by atoms with Crippen molar-refractivity contribution in [2.24, 2.45) is 0 Å². The number of hydrogen-bond donors (Lipinski definition) is 1. The van der Waals surface area contributed by atoms with E-state index in [1.165, 1.54) is 22.8 Å². The van der Waals surface area contributed by atoms with Gasteiger partial charge < -0.3 is 9.73 Å². The van der Waals surface area contributed by atoms with Crippen molar-refractivity contribution in [1.82, 2.24) is 10.2 Å². The summed E-state index contributed by atoms with van der Waals surface area (Å²) in [5.74, 6) is -0.0911. The third-order valence-electron chi connectivity index (χ3n) is 5.26. The second-order valence-electron chi connectivity index (χ2n) is 7.26. The Kier molecular flexibility index (Phi) is 4.95. The molecule has 1 amide bonds. The number of anilines is 2. The van der Waals surface area contributed by atoms with Crippen LogP contribution < -0.4 is 9.62 Å². The van der Waals surface area contributed by atoms with Crippen molar-refractivity contribution in [1.29, 1.82) is 0 Å². The quantitative estimate of drug-likeness (QED) is 0.501. The van der Waals surface area contributed by atoms with Crippen LogP contribution in [0.15, 0.2) is 88.5 Å². The SMILES string of the molecule is O=C(Nc1cccc(-c2nnco2)c1)c1cccc(S(=O)(=O)N2CCc3ccccc32)c1. The van der Waals surface area contributed by atoms with E-state index in [2.05, 4.69) is 15.5 Å². The molecule has 1 N–H and O–H groups in total. The van der Waals surface area contributed by atoms with Crippen molar-refractivity contribution in [2.45, 2.75) is 11.3 Å². The highest BCUT2D eigenvalue weighted by Gasteiger charge is 2.30. The summed E-state index contributed by atoms with van der Waals surface area (Å²) >= 11 is 0. The van der Waals surface area contributed by atoms with Crippen molar-refractivity contribution >= 4 is 27.3 Å². The molecular weight excluding hydrogens is 428 g/mol. The summed E-state index contributed by atoms with van der Waals surface area (Å²) in [5, 5.41) is 10.3. The lowest BCUT2D eigenvalue weighted by Gasteiger charge is -2.20. The maximum Gasteiger partial charge on any atom is 0.264 e. The molecule has 3 aromatic carbocycles. The van der Waals surface area contributed by atoms with Gasteiger partial charge >= 0.3 is 0 Å². The van der Waals surface area contributed by atoms with E-state index in [0.29, 0.717) is 35.8 Å². The van der Waals surface area contributed by atoms with E-state index in [1.54, 1.807) is 42.5 Å². The van der Waals surface area contributed by atoms with Crippen molar-refractivity contribution in [3.63, 3.8) is 0 Å². The molecule has 1 aliphatic rings.